The third kappa shape index (κ3) is 5.06. The number of rotatable bonds is 7. The summed E-state index contributed by atoms with van der Waals surface area (Å²) in [5.41, 5.74) is 3.38. The van der Waals surface area contributed by atoms with Gasteiger partial charge in [-0.3, -0.25) is 19.6 Å². The van der Waals surface area contributed by atoms with Crippen molar-refractivity contribution in [1.29, 1.82) is 0 Å². The number of carbonyl (C=O) groups excluding carboxylic acids is 2. The molecule has 160 valence electrons. The summed E-state index contributed by atoms with van der Waals surface area (Å²) in [7, 11) is 0. The number of allylic oxidation sites excluding steroid dienone is 1. The predicted molar refractivity (Wildman–Crippen MR) is 118 cm³/mol. The maximum absolute atomic E-state index is 12.8. The Hall–Kier alpha value is -3.32. The molecule has 1 aromatic carbocycles. The van der Waals surface area contributed by atoms with Crippen LogP contribution in [0.25, 0.3) is 0 Å². The molecule has 2 aromatic rings. The molecule has 31 heavy (non-hydrogen) atoms. The molecule has 1 aliphatic heterocycles. The average Bonchev–Trinajstić information content (AvgIpc) is 3.50. The average molecular weight is 418 g/mol. The van der Waals surface area contributed by atoms with E-state index in [0.29, 0.717) is 16.7 Å². The second kappa shape index (κ2) is 9.66. The molecule has 4 rings (SSSR count). The molecule has 2 aliphatic rings. The number of aliphatic imine (C=N–C) groups is 1. The third-order valence-electron chi connectivity index (χ3n) is 5.73. The normalized spacial score (nSPS) is 17.1. The highest BCUT2D eigenvalue weighted by atomic mass is 16.3. The van der Waals surface area contributed by atoms with Crippen molar-refractivity contribution in [2.75, 3.05) is 13.2 Å². The molecule has 1 aromatic heterocycles. The first kappa shape index (κ1) is 20.9. The number of benzene rings is 1. The van der Waals surface area contributed by atoms with Crippen LogP contribution in [-0.4, -0.2) is 46.8 Å². The third-order valence-corrected chi connectivity index (χ3v) is 5.73. The van der Waals surface area contributed by atoms with Crippen molar-refractivity contribution in [2.24, 2.45) is 4.99 Å². The van der Waals surface area contributed by atoms with Crippen LogP contribution in [0.2, 0.25) is 0 Å². The van der Waals surface area contributed by atoms with Crippen molar-refractivity contribution in [3.8, 4) is 0 Å². The van der Waals surface area contributed by atoms with Gasteiger partial charge in [0.25, 0.3) is 5.91 Å². The molecule has 0 radical (unpaired) electrons. The first-order valence-corrected chi connectivity index (χ1v) is 10.6. The number of amides is 2. The fraction of sp³-hybridized carbons (Fsp3) is 0.333. The van der Waals surface area contributed by atoms with E-state index in [9.17, 15) is 14.7 Å². The standard InChI is InChI=1S/C24H26N4O3/c29-15-22(17-4-3-5-18(12-17)23(30)27-20-6-1-2-7-20)28-24(31)19-13-21(26-14-19)16-8-10-25-11-9-16/h3-5,8-13,20,22,29H,1-2,6-7,14-15H2,(H,27,30)(H,28,31)/t22-/m1/s1. The fourth-order valence-corrected chi connectivity index (χ4v) is 3.98. The summed E-state index contributed by atoms with van der Waals surface area (Å²) < 4.78 is 0. The van der Waals surface area contributed by atoms with Gasteiger partial charge in [-0.05, 0) is 48.7 Å². The Balaban J connectivity index is 1.42. The zero-order chi connectivity index (χ0) is 21.6. The van der Waals surface area contributed by atoms with Gasteiger partial charge in [0, 0.05) is 35.1 Å². The van der Waals surface area contributed by atoms with Crippen molar-refractivity contribution in [1.82, 2.24) is 15.6 Å². The van der Waals surface area contributed by atoms with E-state index in [4.69, 9.17) is 0 Å². The van der Waals surface area contributed by atoms with Gasteiger partial charge in [0.2, 0.25) is 5.91 Å². The van der Waals surface area contributed by atoms with Crippen LogP contribution >= 0.6 is 0 Å². The van der Waals surface area contributed by atoms with E-state index in [2.05, 4.69) is 20.6 Å². The zero-order valence-corrected chi connectivity index (χ0v) is 17.3. The van der Waals surface area contributed by atoms with Crippen LogP contribution in [0.1, 0.15) is 53.2 Å². The Morgan fingerprint density at radius 1 is 1.10 bits per heavy atom. The van der Waals surface area contributed by atoms with Gasteiger partial charge in [-0.2, -0.15) is 0 Å². The molecule has 7 heteroatoms. The number of hydrogen-bond acceptors (Lipinski definition) is 5. The lowest BCUT2D eigenvalue weighted by Crippen LogP contribution is -2.34. The van der Waals surface area contributed by atoms with E-state index in [1.807, 2.05) is 12.1 Å². The van der Waals surface area contributed by atoms with Crippen molar-refractivity contribution < 1.29 is 14.7 Å². The fourth-order valence-electron chi connectivity index (χ4n) is 3.98. The van der Waals surface area contributed by atoms with Crippen molar-refractivity contribution in [2.45, 2.75) is 37.8 Å². The van der Waals surface area contributed by atoms with Crippen molar-refractivity contribution >= 4 is 17.5 Å². The lowest BCUT2D eigenvalue weighted by Gasteiger charge is -2.18. The van der Waals surface area contributed by atoms with Crippen LogP contribution in [0.15, 0.2) is 65.4 Å². The molecule has 0 unspecified atom stereocenters. The van der Waals surface area contributed by atoms with E-state index >= 15 is 0 Å². The van der Waals surface area contributed by atoms with Gasteiger partial charge in [-0.15, -0.1) is 0 Å². The number of carbonyl (C=O) groups is 2. The lowest BCUT2D eigenvalue weighted by atomic mass is 10.0. The SMILES string of the molecule is O=C(N[C@H](CO)c1cccc(C(=O)NC2CCCC2)c1)C1=CC(c2ccncc2)=NC1. The summed E-state index contributed by atoms with van der Waals surface area (Å²) in [5, 5.41) is 15.8. The maximum atomic E-state index is 12.8. The summed E-state index contributed by atoms with van der Waals surface area (Å²) >= 11 is 0. The van der Waals surface area contributed by atoms with Crippen LogP contribution in [0.4, 0.5) is 0 Å². The Morgan fingerprint density at radius 2 is 1.87 bits per heavy atom. The van der Waals surface area contributed by atoms with E-state index in [-0.39, 0.29) is 31.0 Å². The molecule has 1 aliphatic carbocycles. The summed E-state index contributed by atoms with van der Waals surface area (Å²) in [4.78, 5) is 33.7. The monoisotopic (exact) mass is 418 g/mol. The summed E-state index contributed by atoms with van der Waals surface area (Å²) in [6.45, 7) is 0.0102. The second-order valence-electron chi connectivity index (χ2n) is 7.90. The van der Waals surface area contributed by atoms with Crippen LogP contribution in [0.3, 0.4) is 0 Å². The van der Waals surface area contributed by atoms with E-state index in [0.717, 1.165) is 37.0 Å². The molecule has 7 nitrogen and oxygen atoms in total. The lowest BCUT2D eigenvalue weighted by molar-refractivity contribution is -0.118. The van der Waals surface area contributed by atoms with Gasteiger partial charge in [0.15, 0.2) is 0 Å². The van der Waals surface area contributed by atoms with Gasteiger partial charge in [0.1, 0.15) is 0 Å². The Bertz CT molecular complexity index is 1010. The molecule has 1 saturated carbocycles. The number of aliphatic hydroxyl groups excluding tert-OH is 1. The molecule has 1 atom stereocenters. The highest BCUT2D eigenvalue weighted by molar-refractivity contribution is 6.15. The topological polar surface area (TPSA) is 104 Å². The van der Waals surface area contributed by atoms with E-state index in [1.165, 1.54) is 0 Å². The minimum atomic E-state index is -0.613. The van der Waals surface area contributed by atoms with Crippen molar-refractivity contribution in [3.63, 3.8) is 0 Å². The number of nitrogens with zero attached hydrogens (tertiary/aromatic N) is 2. The summed E-state index contributed by atoms with van der Waals surface area (Å²) in [6.07, 6.45) is 9.43. The molecule has 1 fully saturated rings. The Morgan fingerprint density at radius 3 is 2.61 bits per heavy atom. The first-order chi connectivity index (χ1) is 15.1. The Kier molecular flexibility index (Phi) is 6.52. The number of aliphatic hydroxyl groups is 1. The number of pyridine rings is 1. The maximum Gasteiger partial charge on any atom is 0.251 e. The molecular formula is C24H26N4O3. The molecule has 2 heterocycles. The van der Waals surface area contributed by atoms with E-state index < -0.39 is 6.04 Å². The molecular weight excluding hydrogens is 392 g/mol. The zero-order valence-electron chi connectivity index (χ0n) is 17.3. The van der Waals surface area contributed by atoms with Crippen LogP contribution in [0.5, 0.6) is 0 Å². The van der Waals surface area contributed by atoms with Gasteiger partial charge in [-0.25, -0.2) is 0 Å². The largest absolute Gasteiger partial charge is 0.394 e. The molecule has 0 bridgehead atoms. The van der Waals surface area contributed by atoms with E-state index in [1.54, 1.807) is 42.7 Å². The van der Waals surface area contributed by atoms with Gasteiger partial charge >= 0.3 is 0 Å². The van der Waals surface area contributed by atoms with Gasteiger partial charge in [-0.1, -0.05) is 25.0 Å². The van der Waals surface area contributed by atoms with Crippen molar-refractivity contribution in [3.05, 3.63) is 77.1 Å². The minimum absolute atomic E-state index is 0.120. The molecule has 0 spiro atoms. The number of nitrogens with one attached hydrogen (secondary N) is 2. The first-order valence-electron chi connectivity index (χ1n) is 10.6. The smallest absolute Gasteiger partial charge is 0.251 e. The summed E-state index contributed by atoms with van der Waals surface area (Å²) in [5.74, 6) is -0.404. The molecule has 3 N–H and O–H groups in total. The van der Waals surface area contributed by atoms with Crippen LogP contribution in [0, 0.1) is 0 Å². The predicted octanol–water partition coefficient (Wildman–Crippen LogP) is 2.33. The second-order valence-corrected chi connectivity index (χ2v) is 7.90. The highest BCUT2D eigenvalue weighted by Crippen LogP contribution is 2.20. The molecule has 2 amide bonds. The quantitative estimate of drug-likeness (QED) is 0.642. The summed E-state index contributed by atoms with van der Waals surface area (Å²) in [6, 6.07) is 10.4. The minimum Gasteiger partial charge on any atom is -0.394 e. The van der Waals surface area contributed by atoms with Crippen LogP contribution < -0.4 is 10.6 Å². The van der Waals surface area contributed by atoms with Gasteiger partial charge < -0.3 is 15.7 Å². The van der Waals surface area contributed by atoms with Crippen LogP contribution in [-0.2, 0) is 4.79 Å². The number of aromatic nitrogens is 1. The van der Waals surface area contributed by atoms with Gasteiger partial charge in [0.05, 0.1) is 24.9 Å². The Labute approximate surface area is 181 Å². The number of hydrogen-bond donors (Lipinski definition) is 3. The highest BCUT2D eigenvalue weighted by Gasteiger charge is 2.22. The molecule has 0 saturated heterocycles.